The molecule has 1 fully saturated rings. The highest BCUT2D eigenvalue weighted by Gasteiger charge is 2.20. The Balaban J connectivity index is 0.00000240. The number of nitrogens with zero attached hydrogens (tertiary/aromatic N) is 4. The fraction of sp³-hybridized carbons (Fsp3) is 0.333. The zero-order valence-corrected chi connectivity index (χ0v) is 17.2. The van der Waals surface area contributed by atoms with Gasteiger partial charge >= 0.3 is 0 Å². The summed E-state index contributed by atoms with van der Waals surface area (Å²) in [7, 11) is 0. The number of amides is 1. The first kappa shape index (κ1) is 21.0. The Morgan fingerprint density at radius 2 is 2.00 bits per heavy atom. The summed E-state index contributed by atoms with van der Waals surface area (Å²) >= 11 is 0. The Kier molecular flexibility index (Phi) is 6.61. The van der Waals surface area contributed by atoms with E-state index in [-0.39, 0.29) is 18.3 Å². The number of nitrogens with one attached hydrogen (secondary N) is 1. The van der Waals surface area contributed by atoms with Gasteiger partial charge in [-0.1, -0.05) is 18.2 Å². The van der Waals surface area contributed by atoms with Gasteiger partial charge in [0.05, 0.1) is 11.2 Å². The van der Waals surface area contributed by atoms with Crippen LogP contribution in [0, 0.1) is 0 Å². The Labute approximate surface area is 176 Å². The van der Waals surface area contributed by atoms with Crippen molar-refractivity contribution in [3.63, 3.8) is 0 Å². The topological polar surface area (TPSA) is 97.0 Å². The number of anilines is 1. The molecule has 0 atom stereocenters. The van der Waals surface area contributed by atoms with Gasteiger partial charge in [0, 0.05) is 38.2 Å². The molecule has 0 saturated carbocycles. The van der Waals surface area contributed by atoms with Crippen molar-refractivity contribution in [2.24, 2.45) is 0 Å². The SMILES string of the molecule is CC(=O)N1CCC(NCc2cccc(-c3ccc4ncnc(N)c4n3)c2)CC1.Cl. The minimum atomic E-state index is 0. The minimum absolute atomic E-state index is 0. The highest BCUT2D eigenvalue weighted by atomic mass is 35.5. The molecule has 1 saturated heterocycles. The van der Waals surface area contributed by atoms with Crippen LogP contribution >= 0.6 is 12.4 Å². The minimum Gasteiger partial charge on any atom is -0.382 e. The number of rotatable bonds is 4. The zero-order chi connectivity index (χ0) is 19.5. The highest BCUT2D eigenvalue weighted by Crippen LogP contribution is 2.23. The van der Waals surface area contributed by atoms with Crippen molar-refractivity contribution in [2.75, 3.05) is 18.8 Å². The third-order valence-corrected chi connectivity index (χ3v) is 5.27. The number of hydrogen-bond donors (Lipinski definition) is 2. The predicted molar refractivity (Wildman–Crippen MR) is 117 cm³/mol. The fourth-order valence-corrected chi connectivity index (χ4v) is 3.62. The number of likely N-dealkylation sites (tertiary alicyclic amines) is 1. The third-order valence-electron chi connectivity index (χ3n) is 5.27. The fourth-order valence-electron chi connectivity index (χ4n) is 3.62. The first-order chi connectivity index (χ1) is 13.6. The van der Waals surface area contributed by atoms with E-state index in [1.165, 1.54) is 11.9 Å². The van der Waals surface area contributed by atoms with E-state index in [0.29, 0.717) is 17.4 Å². The van der Waals surface area contributed by atoms with E-state index in [2.05, 4.69) is 32.4 Å². The number of benzene rings is 1. The van der Waals surface area contributed by atoms with Gasteiger partial charge in [0.1, 0.15) is 11.8 Å². The molecule has 8 heteroatoms. The maximum atomic E-state index is 11.4. The molecule has 152 valence electrons. The second-order valence-electron chi connectivity index (χ2n) is 7.18. The number of halogens is 1. The van der Waals surface area contributed by atoms with Crippen molar-refractivity contribution >= 4 is 35.2 Å². The van der Waals surface area contributed by atoms with Gasteiger partial charge in [-0.25, -0.2) is 15.0 Å². The van der Waals surface area contributed by atoms with Crippen LogP contribution in [-0.4, -0.2) is 44.9 Å². The van der Waals surface area contributed by atoms with Crippen LogP contribution in [0.25, 0.3) is 22.3 Å². The molecule has 3 N–H and O–H groups in total. The lowest BCUT2D eigenvalue weighted by Crippen LogP contribution is -2.43. The largest absolute Gasteiger partial charge is 0.382 e. The number of aromatic nitrogens is 3. The number of hydrogen-bond acceptors (Lipinski definition) is 6. The average molecular weight is 413 g/mol. The van der Waals surface area contributed by atoms with Crippen molar-refractivity contribution in [3.8, 4) is 11.3 Å². The van der Waals surface area contributed by atoms with Crippen LogP contribution in [-0.2, 0) is 11.3 Å². The van der Waals surface area contributed by atoms with Crippen molar-refractivity contribution in [2.45, 2.75) is 32.4 Å². The van der Waals surface area contributed by atoms with E-state index >= 15 is 0 Å². The molecule has 1 amide bonds. The lowest BCUT2D eigenvalue weighted by molar-refractivity contribution is -0.129. The Morgan fingerprint density at radius 3 is 2.76 bits per heavy atom. The van der Waals surface area contributed by atoms with E-state index in [4.69, 9.17) is 5.73 Å². The summed E-state index contributed by atoms with van der Waals surface area (Å²) in [4.78, 5) is 26.2. The number of carbonyl (C=O) groups excluding carboxylic acids is 1. The molecule has 3 aromatic rings. The quantitative estimate of drug-likeness (QED) is 0.683. The van der Waals surface area contributed by atoms with E-state index in [0.717, 1.165) is 49.2 Å². The van der Waals surface area contributed by atoms with Crippen LogP contribution in [0.2, 0.25) is 0 Å². The summed E-state index contributed by atoms with van der Waals surface area (Å²) in [6, 6.07) is 12.7. The van der Waals surface area contributed by atoms with E-state index in [9.17, 15) is 4.79 Å². The first-order valence-corrected chi connectivity index (χ1v) is 9.55. The van der Waals surface area contributed by atoms with Crippen LogP contribution in [0.4, 0.5) is 5.82 Å². The number of piperidine rings is 1. The zero-order valence-electron chi connectivity index (χ0n) is 16.3. The monoisotopic (exact) mass is 412 g/mol. The molecule has 0 radical (unpaired) electrons. The van der Waals surface area contributed by atoms with Gasteiger partial charge in [-0.2, -0.15) is 0 Å². The van der Waals surface area contributed by atoms with Gasteiger partial charge < -0.3 is 16.0 Å². The third kappa shape index (κ3) is 4.81. The molecule has 1 aliphatic rings. The lowest BCUT2D eigenvalue weighted by atomic mass is 10.0. The van der Waals surface area contributed by atoms with Crippen LogP contribution in [0.1, 0.15) is 25.3 Å². The molecule has 0 aliphatic carbocycles. The smallest absolute Gasteiger partial charge is 0.219 e. The molecule has 1 aromatic carbocycles. The molecule has 7 nitrogen and oxygen atoms in total. The second-order valence-corrected chi connectivity index (χ2v) is 7.18. The number of carbonyl (C=O) groups is 1. The Morgan fingerprint density at radius 1 is 1.21 bits per heavy atom. The predicted octanol–water partition coefficient (Wildman–Crippen LogP) is 2.80. The molecule has 0 bridgehead atoms. The summed E-state index contributed by atoms with van der Waals surface area (Å²) in [5, 5.41) is 3.62. The molecule has 3 heterocycles. The normalized spacial score (nSPS) is 14.6. The molecular formula is C21H25ClN6O. The lowest BCUT2D eigenvalue weighted by Gasteiger charge is -2.31. The molecular weight excluding hydrogens is 388 g/mol. The van der Waals surface area contributed by atoms with Gasteiger partial charge in [0.15, 0.2) is 5.82 Å². The molecule has 2 aromatic heterocycles. The standard InChI is InChI=1S/C21H24N6O.ClH/c1-14(28)27-9-7-17(8-10-27)23-12-15-3-2-4-16(11-15)18-5-6-19-20(26-18)21(22)25-13-24-19;/h2-6,11,13,17,23H,7-10,12H2,1H3,(H2,22,24,25);1H. The van der Waals surface area contributed by atoms with E-state index in [1.54, 1.807) is 6.92 Å². The van der Waals surface area contributed by atoms with Crippen LogP contribution in [0.3, 0.4) is 0 Å². The Bertz CT molecular complexity index is 1000. The van der Waals surface area contributed by atoms with Crippen molar-refractivity contribution in [1.29, 1.82) is 0 Å². The number of pyridine rings is 1. The number of nitrogen functional groups attached to an aromatic ring is 1. The molecule has 1 aliphatic heterocycles. The Hall–Kier alpha value is -2.77. The molecule has 0 spiro atoms. The van der Waals surface area contributed by atoms with E-state index < -0.39 is 0 Å². The van der Waals surface area contributed by atoms with Gasteiger partial charge in [0.25, 0.3) is 0 Å². The molecule has 29 heavy (non-hydrogen) atoms. The van der Waals surface area contributed by atoms with Crippen molar-refractivity contribution in [1.82, 2.24) is 25.2 Å². The van der Waals surface area contributed by atoms with Gasteiger partial charge in [-0.3, -0.25) is 4.79 Å². The highest BCUT2D eigenvalue weighted by molar-refractivity contribution is 5.86. The van der Waals surface area contributed by atoms with E-state index in [1.807, 2.05) is 29.2 Å². The van der Waals surface area contributed by atoms with Crippen molar-refractivity contribution in [3.05, 3.63) is 48.3 Å². The van der Waals surface area contributed by atoms with Gasteiger partial charge in [0.2, 0.25) is 5.91 Å². The first-order valence-electron chi connectivity index (χ1n) is 9.55. The van der Waals surface area contributed by atoms with Crippen molar-refractivity contribution < 1.29 is 4.79 Å². The number of nitrogens with two attached hydrogens (primary N) is 1. The van der Waals surface area contributed by atoms with Gasteiger partial charge in [-0.05, 0) is 36.6 Å². The van der Waals surface area contributed by atoms with Crippen LogP contribution < -0.4 is 11.1 Å². The van der Waals surface area contributed by atoms with Gasteiger partial charge in [-0.15, -0.1) is 12.4 Å². The molecule has 4 rings (SSSR count). The average Bonchev–Trinajstić information content (AvgIpc) is 2.73. The summed E-state index contributed by atoms with van der Waals surface area (Å²) in [5.74, 6) is 0.557. The second kappa shape index (κ2) is 9.15. The summed E-state index contributed by atoms with van der Waals surface area (Å²) in [5.41, 5.74) is 10.4. The number of fused-ring (bicyclic) bond motifs is 1. The summed E-state index contributed by atoms with van der Waals surface area (Å²) in [6.07, 6.45) is 3.43. The maximum absolute atomic E-state index is 11.4. The summed E-state index contributed by atoms with van der Waals surface area (Å²) < 4.78 is 0. The maximum Gasteiger partial charge on any atom is 0.219 e. The van der Waals surface area contributed by atoms with Crippen LogP contribution in [0.15, 0.2) is 42.7 Å². The molecule has 0 unspecified atom stereocenters. The summed E-state index contributed by atoms with van der Waals surface area (Å²) in [6.45, 7) is 4.09. The van der Waals surface area contributed by atoms with Crippen LogP contribution in [0.5, 0.6) is 0 Å².